The first-order valence-corrected chi connectivity index (χ1v) is 6.69. The lowest BCUT2D eigenvalue weighted by atomic mass is 10.0. The molecule has 0 saturated heterocycles. The Balaban J connectivity index is 2.49. The van der Waals surface area contributed by atoms with Crippen LogP contribution in [0.4, 0.5) is 0 Å². The molecule has 0 heterocycles. The van der Waals surface area contributed by atoms with Gasteiger partial charge >= 0.3 is 5.97 Å². The van der Waals surface area contributed by atoms with Gasteiger partial charge in [-0.05, 0) is 25.5 Å². The molecule has 0 aliphatic heterocycles. The highest BCUT2D eigenvalue weighted by molar-refractivity contribution is 5.96. The SMILES string of the molecule is C[C@H](C#N)C[C@H](NC(=O)CNC(=O)c1ccccc1)C(=O)O. The monoisotopic (exact) mass is 303 g/mol. The van der Waals surface area contributed by atoms with Crippen molar-refractivity contribution in [2.75, 3.05) is 6.54 Å². The number of amides is 2. The van der Waals surface area contributed by atoms with Crippen LogP contribution in [0.25, 0.3) is 0 Å². The van der Waals surface area contributed by atoms with E-state index in [0.29, 0.717) is 5.56 Å². The number of carbonyl (C=O) groups excluding carboxylic acids is 2. The van der Waals surface area contributed by atoms with Crippen LogP contribution in [-0.4, -0.2) is 35.5 Å². The van der Waals surface area contributed by atoms with E-state index in [-0.39, 0.29) is 13.0 Å². The fourth-order valence-corrected chi connectivity index (χ4v) is 1.73. The quantitative estimate of drug-likeness (QED) is 0.679. The van der Waals surface area contributed by atoms with Crippen molar-refractivity contribution in [3.63, 3.8) is 0 Å². The average molecular weight is 303 g/mol. The second kappa shape index (κ2) is 8.42. The fraction of sp³-hybridized carbons (Fsp3) is 0.333. The zero-order valence-electron chi connectivity index (χ0n) is 12.1. The second-order valence-electron chi connectivity index (χ2n) is 4.77. The Labute approximate surface area is 127 Å². The van der Waals surface area contributed by atoms with Crippen molar-refractivity contribution in [2.24, 2.45) is 5.92 Å². The second-order valence-corrected chi connectivity index (χ2v) is 4.77. The first-order valence-electron chi connectivity index (χ1n) is 6.69. The van der Waals surface area contributed by atoms with E-state index in [1.54, 1.807) is 37.3 Å². The summed E-state index contributed by atoms with van der Waals surface area (Å²) in [6.07, 6.45) is 0.00417. The van der Waals surface area contributed by atoms with E-state index in [4.69, 9.17) is 10.4 Å². The summed E-state index contributed by atoms with van der Waals surface area (Å²) >= 11 is 0. The van der Waals surface area contributed by atoms with E-state index >= 15 is 0 Å². The van der Waals surface area contributed by atoms with Crippen molar-refractivity contribution in [1.29, 1.82) is 5.26 Å². The van der Waals surface area contributed by atoms with Crippen molar-refractivity contribution >= 4 is 17.8 Å². The van der Waals surface area contributed by atoms with Crippen molar-refractivity contribution in [3.8, 4) is 6.07 Å². The molecule has 0 aliphatic carbocycles. The molecular formula is C15H17N3O4. The first kappa shape index (κ1) is 17.2. The van der Waals surface area contributed by atoms with Crippen molar-refractivity contribution in [3.05, 3.63) is 35.9 Å². The number of nitrogens with one attached hydrogen (secondary N) is 2. The molecule has 1 rings (SSSR count). The van der Waals surface area contributed by atoms with Crippen LogP contribution in [0.1, 0.15) is 23.7 Å². The number of benzene rings is 1. The Morgan fingerprint density at radius 1 is 1.27 bits per heavy atom. The van der Waals surface area contributed by atoms with E-state index in [1.165, 1.54) is 0 Å². The van der Waals surface area contributed by atoms with Gasteiger partial charge in [0.25, 0.3) is 5.91 Å². The number of hydrogen-bond donors (Lipinski definition) is 3. The number of carbonyl (C=O) groups is 3. The van der Waals surface area contributed by atoms with Gasteiger partial charge in [-0.2, -0.15) is 5.26 Å². The molecule has 0 aliphatic rings. The third kappa shape index (κ3) is 5.63. The lowest BCUT2D eigenvalue weighted by Crippen LogP contribution is -2.46. The van der Waals surface area contributed by atoms with Crippen molar-refractivity contribution in [1.82, 2.24) is 10.6 Å². The average Bonchev–Trinajstić information content (AvgIpc) is 2.52. The predicted octanol–water partition coefficient (Wildman–Crippen LogP) is 0.536. The number of nitrogens with zero attached hydrogens (tertiary/aromatic N) is 1. The van der Waals surface area contributed by atoms with Gasteiger partial charge in [0, 0.05) is 11.5 Å². The highest BCUT2D eigenvalue weighted by atomic mass is 16.4. The zero-order chi connectivity index (χ0) is 16.5. The largest absolute Gasteiger partial charge is 0.480 e. The van der Waals surface area contributed by atoms with Crippen LogP contribution >= 0.6 is 0 Å². The minimum atomic E-state index is -1.22. The maximum Gasteiger partial charge on any atom is 0.326 e. The standard InChI is InChI=1S/C15H17N3O4/c1-10(8-16)7-12(15(21)22)18-13(19)9-17-14(20)11-5-3-2-4-6-11/h2-6,10,12H,7,9H2,1H3,(H,17,20)(H,18,19)(H,21,22)/t10-,12-/m0/s1. The summed E-state index contributed by atoms with van der Waals surface area (Å²) in [7, 11) is 0. The van der Waals surface area contributed by atoms with Gasteiger partial charge in [-0.15, -0.1) is 0 Å². The molecule has 0 saturated carbocycles. The molecule has 2 amide bonds. The predicted molar refractivity (Wildman–Crippen MR) is 77.7 cm³/mol. The molecule has 0 radical (unpaired) electrons. The number of nitriles is 1. The normalized spacial score (nSPS) is 12.5. The van der Waals surface area contributed by atoms with Crippen LogP contribution in [-0.2, 0) is 9.59 Å². The molecule has 22 heavy (non-hydrogen) atoms. The topological polar surface area (TPSA) is 119 Å². The molecule has 116 valence electrons. The molecule has 2 atom stereocenters. The Hall–Kier alpha value is -2.88. The fourth-order valence-electron chi connectivity index (χ4n) is 1.73. The zero-order valence-corrected chi connectivity index (χ0v) is 12.1. The molecule has 7 nitrogen and oxygen atoms in total. The summed E-state index contributed by atoms with van der Waals surface area (Å²) < 4.78 is 0. The molecule has 0 unspecified atom stereocenters. The lowest BCUT2D eigenvalue weighted by molar-refractivity contribution is -0.142. The molecule has 1 aromatic carbocycles. The summed E-state index contributed by atoms with van der Waals surface area (Å²) in [5, 5.41) is 22.4. The van der Waals surface area contributed by atoms with E-state index in [9.17, 15) is 14.4 Å². The van der Waals surface area contributed by atoms with Gasteiger partial charge in [-0.25, -0.2) is 4.79 Å². The van der Waals surface area contributed by atoms with Crippen LogP contribution < -0.4 is 10.6 Å². The summed E-state index contributed by atoms with van der Waals surface area (Å²) in [6, 6.07) is 9.10. The van der Waals surface area contributed by atoms with Gasteiger partial charge in [0.15, 0.2) is 0 Å². The van der Waals surface area contributed by atoms with Gasteiger partial charge in [0.1, 0.15) is 6.04 Å². The summed E-state index contributed by atoms with van der Waals surface area (Å²) in [5.74, 6) is -2.76. The minimum absolute atomic E-state index is 0.00417. The molecule has 3 N–H and O–H groups in total. The molecule has 1 aromatic rings. The number of rotatable bonds is 7. The third-order valence-corrected chi connectivity index (χ3v) is 2.89. The number of hydrogen-bond acceptors (Lipinski definition) is 4. The molecule has 0 aromatic heterocycles. The van der Waals surface area contributed by atoms with Crippen LogP contribution in [0.3, 0.4) is 0 Å². The van der Waals surface area contributed by atoms with Gasteiger partial charge in [-0.1, -0.05) is 18.2 Å². The van der Waals surface area contributed by atoms with Gasteiger partial charge in [0.2, 0.25) is 5.91 Å². The van der Waals surface area contributed by atoms with E-state index in [1.807, 2.05) is 6.07 Å². The highest BCUT2D eigenvalue weighted by Gasteiger charge is 2.22. The molecular weight excluding hydrogens is 286 g/mol. The minimum Gasteiger partial charge on any atom is -0.480 e. The molecule has 0 bridgehead atoms. The highest BCUT2D eigenvalue weighted by Crippen LogP contribution is 2.05. The third-order valence-electron chi connectivity index (χ3n) is 2.89. The van der Waals surface area contributed by atoms with E-state index in [0.717, 1.165) is 0 Å². The first-order chi connectivity index (χ1) is 10.4. The van der Waals surface area contributed by atoms with Gasteiger partial charge in [-0.3, -0.25) is 9.59 Å². The maximum atomic E-state index is 11.7. The smallest absolute Gasteiger partial charge is 0.326 e. The maximum absolute atomic E-state index is 11.7. The van der Waals surface area contributed by atoms with Gasteiger partial charge < -0.3 is 15.7 Å². The van der Waals surface area contributed by atoms with E-state index in [2.05, 4.69) is 10.6 Å². The van der Waals surface area contributed by atoms with Crippen LogP contribution in [0.2, 0.25) is 0 Å². The molecule has 0 fully saturated rings. The summed E-state index contributed by atoms with van der Waals surface area (Å²) in [4.78, 5) is 34.5. The number of aliphatic carboxylic acids is 1. The Morgan fingerprint density at radius 2 is 1.91 bits per heavy atom. The lowest BCUT2D eigenvalue weighted by Gasteiger charge is -2.15. The van der Waals surface area contributed by atoms with Gasteiger partial charge in [0.05, 0.1) is 12.6 Å². The Kier molecular flexibility index (Phi) is 6.57. The number of carboxylic acid groups (broad SMARTS) is 1. The van der Waals surface area contributed by atoms with Crippen LogP contribution in [0.15, 0.2) is 30.3 Å². The Morgan fingerprint density at radius 3 is 2.45 bits per heavy atom. The summed E-state index contributed by atoms with van der Waals surface area (Å²) in [5.41, 5.74) is 0.406. The Bertz CT molecular complexity index is 580. The van der Waals surface area contributed by atoms with Crippen molar-refractivity contribution in [2.45, 2.75) is 19.4 Å². The van der Waals surface area contributed by atoms with E-state index < -0.39 is 29.7 Å². The van der Waals surface area contributed by atoms with Crippen molar-refractivity contribution < 1.29 is 19.5 Å². The summed E-state index contributed by atoms with van der Waals surface area (Å²) in [6.45, 7) is 1.23. The van der Waals surface area contributed by atoms with Crippen LogP contribution in [0, 0.1) is 17.2 Å². The van der Waals surface area contributed by atoms with Crippen LogP contribution in [0.5, 0.6) is 0 Å². The molecule has 7 heteroatoms. The number of carboxylic acids is 1. The molecule has 0 spiro atoms.